The van der Waals surface area contributed by atoms with Gasteiger partial charge in [-0.3, -0.25) is 0 Å². The molecule has 0 amide bonds. The van der Waals surface area contributed by atoms with Crippen molar-refractivity contribution in [3.8, 4) is 0 Å². The molecule has 0 aliphatic carbocycles. The van der Waals surface area contributed by atoms with Crippen LogP contribution in [-0.4, -0.2) is 30.3 Å². The highest BCUT2D eigenvalue weighted by Gasteiger charge is 2.42. The first-order valence-corrected chi connectivity index (χ1v) is 7.80. The van der Waals surface area contributed by atoms with E-state index >= 15 is 0 Å². The quantitative estimate of drug-likeness (QED) is 0.770. The second kappa shape index (κ2) is 7.06. The molecule has 1 heterocycles. The van der Waals surface area contributed by atoms with E-state index in [1.807, 2.05) is 24.3 Å². The monoisotopic (exact) mass is 304 g/mol. The van der Waals surface area contributed by atoms with Crippen molar-refractivity contribution in [2.45, 2.75) is 38.1 Å². The summed E-state index contributed by atoms with van der Waals surface area (Å²) in [4.78, 5) is 17.3. The van der Waals surface area contributed by atoms with Gasteiger partial charge in [-0.2, -0.15) is 0 Å². The van der Waals surface area contributed by atoms with Gasteiger partial charge in [-0.25, -0.2) is 6.57 Å². The smallest absolute Gasteiger partial charge is 0.260 e. The second-order valence-corrected chi connectivity index (χ2v) is 6.23. The number of halogens is 1. The molecular formula is C17H21ClN2O. The summed E-state index contributed by atoms with van der Waals surface area (Å²) in [7, 11) is 0. The Balaban J connectivity index is 1.95. The van der Waals surface area contributed by atoms with Crippen LogP contribution in [0.25, 0.3) is 4.85 Å². The molecule has 0 radical (unpaired) electrons. The van der Waals surface area contributed by atoms with Crippen LogP contribution in [0.15, 0.2) is 24.3 Å². The van der Waals surface area contributed by atoms with E-state index in [1.165, 1.54) is 0 Å². The van der Waals surface area contributed by atoms with Crippen molar-refractivity contribution >= 4 is 17.4 Å². The molecule has 0 bridgehead atoms. The molecule has 1 fully saturated rings. The molecule has 2 rings (SSSR count). The Labute approximate surface area is 131 Å². The van der Waals surface area contributed by atoms with Gasteiger partial charge in [0.05, 0.1) is 0 Å². The van der Waals surface area contributed by atoms with E-state index in [9.17, 15) is 4.79 Å². The Bertz CT molecular complexity index is 525. The van der Waals surface area contributed by atoms with Crippen LogP contribution in [0.4, 0.5) is 0 Å². The molecule has 21 heavy (non-hydrogen) atoms. The summed E-state index contributed by atoms with van der Waals surface area (Å²) in [6, 6.07) is 7.68. The van der Waals surface area contributed by atoms with Gasteiger partial charge in [-0.05, 0) is 44.2 Å². The van der Waals surface area contributed by atoms with E-state index in [2.05, 4.69) is 9.74 Å². The van der Waals surface area contributed by atoms with Crippen molar-refractivity contribution < 1.29 is 4.79 Å². The van der Waals surface area contributed by atoms with Crippen molar-refractivity contribution in [3.05, 3.63) is 46.3 Å². The summed E-state index contributed by atoms with van der Waals surface area (Å²) in [5.74, 6) is 0.253. The molecule has 4 heteroatoms. The number of ketones is 1. The Kier molecular flexibility index (Phi) is 5.39. The van der Waals surface area contributed by atoms with Crippen LogP contribution in [0.1, 0.15) is 38.2 Å². The van der Waals surface area contributed by atoms with Crippen molar-refractivity contribution in [3.63, 3.8) is 0 Å². The molecule has 1 aromatic carbocycles. The lowest BCUT2D eigenvalue weighted by atomic mass is 9.81. The molecule has 0 saturated carbocycles. The SMILES string of the molecule is [C-]#[N+]C1(c2ccc(Cl)cc2)CCN(CCCC(C)=O)CC1. The number of carbonyl (C=O) groups excluding carboxylic acids is 1. The van der Waals surface area contributed by atoms with Gasteiger partial charge in [0, 0.05) is 42.9 Å². The largest absolute Gasteiger partial charge is 0.305 e. The average Bonchev–Trinajstić information content (AvgIpc) is 2.49. The van der Waals surface area contributed by atoms with E-state index in [4.69, 9.17) is 18.2 Å². The summed E-state index contributed by atoms with van der Waals surface area (Å²) in [5.41, 5.74) is 0.673. The van der Waals surface area contributed by atoms with Crippen molar-refractivity contribution in [1.82, 2.24) is 4.90 Å². The van der Waals surface area contributed by atoms with Gasteiger partial charge in [-0.15, -0.1) is 0 Å². The number of likely N-dealkylation sites (tertiary alicyclic amines) is 1. The maximum Gasteiger partial charge on any atom is 0.260 e. The summed E-state index contributed by atoms with van der Waals surface area (Å²) in [5, 5.41) is 0.709. The van der Waals surface area contributed by atoms with E-state index in [1.54, 1.807) is 6.92 Å². The fraction of sp³-hybridized carbons (Fsp3) is 0.529. The van der Waals surface area contributed by atoms with E-state index in [0.717, 1.165) is 44.5 Å². The van der Waals surface area contributed by atoms with Gasteiger partial charge in [0.1, 0.15) is 5.78 Å². The first-order chi connectivity index (χ1) is 10.1. The Morgan fingerprint density at radius 1 is 1.33 bits per heavy atom. The van der Waals surface area contributed by atoms with Crippen LogP contribution in [0.2, 0.25) is 5.02 Å². The number of hydrogen-bond donors (Lipinski definition) is 0. The number of Topliss-reactive ketones (excluding diaryl/α,β-unsaturated/α-hetero) is 1. The molecule has 0 unspecified atom stereocenters. The summed E-state index contributed by atoms with van der Waals surface area (Å²) in [6.07, 6.45) is 3.26. The van der Waals surface area contributed by atoms with Crippen LogP contribution < -0.4 is 0 Å². The lowest BCUT2D eigenvalue weighted by molar-refractivity contribution is -0.117. The zero-order valence-corrected chi connectivity index (χ0v) is 13.2. The molecular weight excluding hydrogens is 284 g/mol. The summed E-state index contributed by atoms with van der Waals surface area (Å²) >= 11 is 5.93. The van der Waals surface area contributed by atoms with Crippen molar-refractivity contribution in [1.29, 1.82) is 0 Å². The summed E-state index contributed by atoms with van der Waals surface area (Å²) in [6.45, 7) is 12.1. The van der Waals surface area contributed by atoms with Crippen LogP contribution in [0, 0.1) is 6.57 Å². The van der Waals surface area contributed by atoms with Crippen LogP contribution in [0.5, 0.6) is 0 Å². The van der Waals surface area contributed by atoms with E-state index < -0.39 is 5.54 Å². The number of hydrogen-bond acceptors (Lipinski definition) is 2. The molecule has 3 nitrogen and oxygen atoms in total. The highest BCUT2D eigenvalue weighted by atomic mass is 35.5. The van der Waals surface area contributed by atoms with E-state index in [-0.39, 0.29) is 5.78 Å². The molecule has 1 saturated heterocycles. The third kappa shape index (κ3) is 4.06. The van der Waals surface area contributed by atoms with Crippen molar-refractivity contribution in [2.75, 3.05) is 19.6 Å². The Hall–Kier alpha value is -1.37. The van der Waals surface area contributed by atoms with Gasteiger partial charge >= 0.3 is 0 Å². The molecule has 112 valence electrons. The Morgan fingerprint density at radius 2 is 1.95 bits per heavy atom. The minimum Gasteiger partial charge on any atom is -0.305 e. The standard InChI is InChI=1S/C17H21ClN2O/c1-14(21)4-3-11-20-12-9-17(19-2,10-13-20)15-5-7-16(18)8-6-15/h5-8H,3-4,9-13H2,1H3. The molecule has 0 aromatic heterocycles. The van der Waals surface area contributed by atoms with Gasteiger partial charge in [0.25, 0.3) is 5.54 Å². The molecule has 1 aliphatic heterocycles. The number of benzene rings is 1. The minimum absolute atomic E-state index is 0.253. The molecule has 1 aliphatic rings. The molecule has 0 N–H and O–H groups in total. The third-order valence-corrected chi connectivity index (χ3v) is 4.53. The normalized spacial score (nSPS) is 18.1. The lowest BCUT2D eigenvalue weighted by Crippen LogP contribution is -2.41. The topological polar surface area (TPSA) is 24.7 Å². The highest BCUT2D eigenvalue weighted by Crippen LogP contribution is 2.37. The fourth-order valence-corrected chi connectivity index (χ4v) is 3.05. The number of carbonyl (C=O) groups is 1. The van der Waals surface area contributed by atoms with Crippen LogP contribution >= 0.6 is 11.6 Å². The van der Waals surface area contributed by atoms with Crippen LogP contribution in [0.3, 0.4) is 0 Å². The fourth-order valence-electron chi connectivity index (χ4n) is 2.92. The minimum atomic E-state index is -0.401. The lowest BCUT2D eigenvalue weighted by Gasteiger charge is -2.34. The maximum atomic E-state index is 11.0. The average molecular weight is 305 g/mol. The molecule has 1 aromatic rings. The molecule has 0 spiro atoms. The predicted octanol–water partition coefficient (Wildman–Crippen LogP) is 3.92. The second-order valence-electron chi connectivity index (χ2n) is 5.80. The van der Waals surface area contributed by atoms with Crippen LogP contribution in [-0.2, 0) is 10.3 Å². The van der Waals surface area contributed by atoms with Gasteiger partial charge in [0.15, 0.2) is 0 Å². The van der Waals surface area contributed by atoms with Gasteiger partial charge < -0.3 is 14.5 Å². The first-order valence-electron chi connectivity index (χ1n) is 7.42. The number of rotatable bonds is 5. The zero-order valence-electron chi connectivity index (χ0n) is 12.4. The van der Waals surface area contributed by atoms with Crippen molar-refractivity contribution in [2.24, 2.45) is 0 Å². The maximum absolute atomic E-state index is 11.0. The zero-order chi connectivity index (χ0) is 15.3. The third-order valence-electron chi connectivity index (χ3n) is 4.28. The number of piperidine rings is 1. The van der Waals surface area contributed by atoms with Gasteiger partial charge in [0.2, 0.25) is 0 Å². The summed E-state index contributed by atoms with van der Waals surface area (Å²) < 4.78 is 0. The Morgan fingerprint density at radius 3 is 2.48 bits per heavy atom. The first kappa shape index (κ1) is 16.0. The highest BCUT2D eigenvalue weighted by molar-refractivity contribution is 6.30. The van der Waals surface area contributed by atoms with Gasteiger partial charge in [-0.1, -0.05) is 11.6 Å². The predicted molar refractivity (Wildman–Crippen MR) is 85.3 cm³/mol. The molecule has 0 atom stereocenters. The number of nitrogens with zero attached hydrogens (tertiary/aromatic N) is 2. The van der Waals surface area contributed by atoms with E-state index in [0.29, 0.717) is 11.4 Å².